The quantitative estimate of drug-likeness (QED) is 0.795. The number of hydrogen-bond acceptors (Lipinski definition) is 4. The summed E-state index contributed by atoms with van der Waals surface area (Å²) >= 11 is 3.12. The van der Waals surface area contributed by atoms with Crippen LogP contribution < -0.4 is 0 Å². The molecule has 0 bridgehead atoms. The summed E-state index contributed by atoms with van der Waals surface area (Å²) < 4.78 is 25.3. The molecular formula is C10H12BrFN2O3. The lowest BCUT2D eigenvalue weighted by atomic mass is 10.2. The van der Waals surface area contributed by atoms with Gasteiger partial charge in [0, 0.05) is 6.61 Å². The summed E-state index contributed by atoms with van der Waals surface area (Å²) in [7, 11) is 0. The topological polar surface area (TPSA) is 53.3 Å². The molecule has 1 aromatic heterocycles. The Morgan fingerprint density at radius 2 is 2.47 bits per heavy atom. The number of esters is 1. The van der Waals surface area contributed by atoms with Gasteiger partial charge in [-0.15, -0.1) is 0 Å². The molecular weight excluding hydrogens is 295 g/mol. The van der Waals surface area contributed by atoms with E-state index in [4.69, 9.17) is 9.47 Å². The normalized spacial score (nSPS) is 18.9. The number of hydrogen-bond donors (Lipinski definition) is 0. The van der Waals surface area contributed by atoms with Crippen LogP contribution in [0.15, 0.2) is 4.73 Å². The number of rotatable bonds is 4. The van der Waals surface area contributed by atoms with Crippen molar-refractivity contribution < 1.29 is 18.7 Å². The number of imidazole rings is 1. The molecule has 0 aromatic carbocycles. The highest BCUT2D eigenvalue weighted by atomic mass is 79.9. The van der Waals surface area contributed by atoms with Gasteiger partial charge < -0.3 is 14.0 Å². The molecule has 0 N–H and O–H groups in total. The van der Waals surface area contributed by atoms with E-state index >= 15 is 0 Å². The van der Waals surface area contributed by atoms with Gasteiger partial charge in [0.15, 0.2) is 10.4 Å². The standard InChI is InChI=1S/C10H12BrFN2O3/c1-2-16-9(15)7-8(12)13-10(11)14(7)5-6-3-4-17-6/h6H,2-5H2,1H3/t6-/m0/s1. The highest BCUT2D eigenvalue weighted by Gasteiger charge is 2.27. The van der Waals surface area contributed by atoms with Gasteiger partial charge in [0.1, 0.15) is 0 Å². The number of ether oxygens (including phenoxy) is 2. The SMILES string of the molecule is CCOC(=O)c1c(F)nc(Br)n1C[C@@H]1CCO1. The van der Waals surface area contributed by atoms with Crippen LogP contribution in [0.4, 0.5) is 4.39 Å². The van der Waals surface area contributed by atoms with Crippen molar-refractivity contribution in [3.63, 3.8) is 0 Å². The lowest BCUT2D eigenvalue weighted by molar-refractivity contribution is -0.0599. The van der Waals surface area contributed by atoms with Gasteiger partial charge in [-0.3, -0.25) is 0 Å². The summed E-state index contributed by atoms with van der Waals surface area (Å²) in [6.07, 6.45) is 0.905. The van der Waals surface area contributed by atoms with Gasteiger partial charge in [0.05, 0.1) is 19.3 Å². The second kappa shape index (κ2) is 5.14. The average Bonchev–Trinajstić information content (AvgIpc) is 2.47. The zero-order valence-electron chi connectivity index (χ0n) is 9.28. The molecule has 0 aliphatic carbocycles. The average molecular weight is 307 g/mol. The maximum atomic E-state index is 13.5. The first-order valence-electron chi connectivity index (χ1n) is 5.33. The molecule has 7 heteroatoms. The first-order chi connectivity index (χ1) is 8.13. The molecule has 2 rings (SSSR count). The van der Waals surface area contributed by atoms with Crippen molar-refractivity contribution >= 4 is 21.9 Å². The summed E-state index contributed by atoms with van der Waals surface area (Å²) in [5, 5.41) is 0. The molecule has 17 heavy (non-hydrogen) atoms. The molecule has 5 nitrogen and oxygen atoms in total. The zero-order chi connectivity index (χ0) is 12.4. The van der Waals surface area contributed by atoms with E-state index in [1.165, 1.54) is 4.57 Å². The van der Waals surface area contributed by atoms with Crippen molar-refractivity contribution in [2.45, 2.75) is 26.0 Å². The fourth-order valence-electron chi connectivity index (χ4n) is 1.59. The molecule has 0 saturated carbocycles. The minimum atomic E-state index is -0.824. The second-order valence-electron chi connectivity index (χ2n) is 3.63. The largest absolute Gasteiger partial charge is 0.461 e. The smallest absolute Gasteiger partial charge is 0.359 e. The van der Waals surface area contributed by atoms with Gasteiger partial charge in [-0.05, 0) is 29.3 Å². The van der Waals surface area contributed by atoms with Crippen LogP contribution in [0.5, 0.6) is 0 Å². The van der Waals surface area contributed by atoms with Gasteiger partial charge in [-0.1, -0.05) is 0 Å². The van der Waals surface area contributed by atoms with Crippen LogP contribution in [0, 0.1) is 5.95 Å². The highest BCUT2D eigenvalue weighted by Crippen LogP contribution is 2.21. The van der Waals surface area contributed by atoms with Gasteiger partial charge in [0.2, 0.25) is 5.95 Å². The molecule has 0 amide bonds. The predicted molar refractivity (Wildman–Crippen MR) is 60.2 cm³/mol. The Labute approximate surface area is 106 Å². The van der Waals surface area contributed by atoms with Gasteiger partial charge in [-0.2, -0.15) is 9.37 Å². The van der Waals surface area contributed by atoms with Crippen LogP contribution in [0.25, 0.3) is 0 Å². The Bertz CT molecular complexity index is 431. The van der Waals surface area contributed by atoms with E-state index in [0.29, 0.717) is 13.2 Å². The van der Waals surface area contributed by atoms with Crippen LogP contribution in [-0.2, 0) is 16.0 Å². The summed E-state index contributed by atoms with van der Waals surface area (Å²) in [5.41, 5.74) is -0.158. The van der Waals surface area contributed by atoms with Crippen molar-refractivity contribution in [1.82, 2.24) is 9.55 Å². The van der Waals surface area contributed by atoms with Crippen LogP contribution in [0.2, 0.25) is 0 Å². The first-order valence-corrected chi connectivity index (χ1v) is 6.13. The van der Waals surface area contributed by atoms with E-state index in [-0.39, 0.29) is 23.1 Å². The minimum Gasteiger partial charge on any atom is -0.461 e. The Balaban J connectivity index is 2.24. The van der Waals surface area contributed by atoms with Crippen LogP contribution in [0.1, 0.15) is 23.8 Å². The van der Waals surface area contributed by atoms with Gasteiger partial charge >= 0.3 is 5.97 Å². The van der Waals surface area contributed by atoms with Gasteiger partial charge in [-0.25, -0.2) is 4.79 Å². The van der Waals surface area contributed by atoms with Crippen molar-refractivity contribution in [2.24, 2.45) is 0 Å². The van der Waals surface area contributed by atoms with E-state index in [1.54, 1.807) is 6.92 Å². The zero-order valence-corrected chi connectivity index (χ0v) is 10.9. The lowest BCUT2D eigenvalue weighted by Crippen LogP contribution is -2.32. The number of aromatic nitrogens is 2. The molecule has 1 aromatic rings. The van der Waals surface area contributed by atoms with Crippen molar-refractivity contribution in [3.8, 4) is 0 Å². The van der Waals surface area contributed by atoms with Gasteiger partial charge in [0.25, 0.3) is 0 Å². The number of nitrogens with zero attached hydrogens (tertiary/aromatic N) is 2. The first kappa shape index (κ1) is 12.5. The number of carbonyl (C=O) groups excluding carboxylic acids is 1. The Hall–Kier alpha value is -0.950. The van der Waals surface area contributed by atoms with E-state index in [1.807, 2.05) is 0 Å². The Morgan fingerprint density at radius 3 is 3.00 bits per heavy atom. The van der Waals surface area contributed by atoms with Crippen molar-refractivity contribution in [1.29, 1.82) is 0 Å². The van der Waals surface area contributed by atoms with Crippen LogP contribution in [-0.4, -0.2) is 34.8 Å². The molecule has 0 spiro atoms. The maximum Gasteiger partial charge on any atom is 0.359 e. The van der Waals surface area contributed by atoms with Crippen LogP contribution in [0.3, 0.4) is 0 Å². The molecule has 94 valence electrons. The minimum absolute atomic E-state index is 0.00748. The lowest BCUT2D eigenvalue weighted by Gasteiger charge is -2.27. The molecule has 1 aliphatic heterocycles. The monoisotopic (exact) mass is 306 g/mol. The molecule has 1 fully saturated rings. The Morgan fingerprint density at radius 1 is 1.76 bits per heavy atom. The van der Waals surface area contributed by atoms with E-state index in [9.17, 15) is 9.18 Å². The van der Waals surface area contributed by atoms with E-state index in [2.05, 4.69) is 20.9 Å². The third-order valence-electron chi connectivity index (χ3n) is 2.53. The fraction of sp³-hybridized carbons (Fsp3) is 0.600. The number of carbonyl (C=O) groups is 1. The third-order valence-corrected chi connectivity index (χ3v) is 3.13. The molecule has 1 atom stereocenters. The molecule has 1 saturated heterocycles. The Kier molecular flexibility index (Phi) is 3.78. The molecule has 1 aliphatic rings. The number of halogens is 2. The summed E-state index contributed by atoms with van der Waals surface area (Å²) in [6.45, 7) is 2.96. The molecule has 2 heterocycles. The molecule has 0 unspecified atom stereocenters. The summed E-state index contributed by atoms with van der Waals surface area (Å²) in [4.78, 5) is 15.2. The summed E-state index contributed by atoms with van der Waals surface area (Å²) in [6, 6.07) is 0. The van der Waals surface area contributed by atoms with E-state index in [0.717, 1.165) is 6.42 Å². The van der Waals surface area contributed by atoms with Crippen molar-refractivity contribution in [2.75, 3.05) is 13.2 Å². The van der Waals surface area contributed by atoms with Crippen LogP contribution >= 0.6 is 15.9 Å². The molecule has 0 radical (unpaired) electrons. The van der Waals surface area contributed by atoms with Crippen molar-refractivity contribution in [3.05, 3.63) is 16.4 Å². The second-order valence-corrected chi connectivity index (χ2v) is 4.34. The summed E-state index contributed by atoms with van der Waals surface area (Å²) in [5.74, 6) is -1.53. The highest BCUT2D eigenvalue weighted by molar-refractivity contribution is 9.10. The predicted octanol–water partition coefficient (Wildman–Crippen LogP) is 1.75. The third kappa shape index (κ3) is 2.50. The fourth-order valence-corrected chi connectivity index (χ4v) is 2.07. The van der Waals surface area contributed by atoms with E-state index < -0.39 is 11.9 Å². The maximum absolute atomic E-state index is 13.5.